The van der Waals surface area contributed by atoms with Gasteiger partial charge in [0.2, 0.25) is 5.91 Å². The molecular weight excluding hydrogens is 516 g/mol. The zero-order valence-corrected chi connectivity index (χ0v) is 22.7. The quantitative estimate of drug-likeness (QED) is 0.568. The van der Waals surface area contributed by atoms with Gasteiger partial charge in [-0.1, -0.05) is 36.9 Å². The number of nitrogens with one attached hydrogen (secondary N) is 1. The Morgan fingerprint density at radius 2 is 1.77 bits per heavy atom. The number of urea groups is 2. The van der Waals surface area contributed by atoms with Crippen LogP contribution in [0.3, 0.4) is 0 Å². The highest BCUT2D eigenvalue weighted by atomic mass is 19.2. The minimum atomic E-state index is -1.04. The van der Waals surface area contributed by atoms with Crippen LogP contribution in [0.15, 0.2) is 60.9 Å². The number of hydrogen-bond acceptors (Lipinski definition) is 3. The second kappa shape index (κ2) is 11.1. The number of carbonyl (C=O) groups excluding carboxylic acids is 3. The van der Waals surface area contributed by atoms with E-state index >= 15 is 0 Å². The smallest absolute Gasteiger partial charge is 0.329 e. The van der Waals surface area contributed by atoms with Gasteiger partial charge in [0.05, 0.1) is 0 Å². The first-order valence-corrected chi connectivity index (χ1v) is 13.5. The van der Waals surface area contributed by atoms with Crippen molar-refractivity contribution in [3.63, 3.8) is 0 Å². The molecule has 5 rings (SSSR count). The molecule has 210 valence electrons. The molecule has 3 heterocycles. The number of allylic oxidation sites excluding steroid dienone is 1. The maximum Gasteiger partial charge on any atom is 0.329 e. The van der Waals surface area contributed by atoms with Crippen LogP contribution in [0.2, 0.25) is 0 Å². The number of piperidine rings is 1. The number of amides is 5. The van der Waals surface area contributed by atoms with Gasteiger partial charge in [-0.05, 0) is 50.8 Å². The van der Waals surface area contributed by atoms with E-state index in [4.69, 9.17) is 0 Å². The highest BCUT2D eigenvalue weighted by Gasteiger charge is 2.36. The second-order valence-electron chi connectivity index (χ2n) is 10.6. The van der Waals surface area contributed by atoms with E-state index in [1.165, 1.54) is 28.1 Å². The second-order valence-corrected chi connectivity index (χ2v) is 10.6. The molecule has 5 amide bonds. The predicted molar refractivity (Wildman–Crippen MR) is 148 cm³/mol. The van der Waals surface area contributed by atoms with E-state index < -0.39 is 17.7 Å². The van der Waals surface area contributed by atoms with Gasteiger partial charge in [0.1, 0.15) is 6.54 Å². The van der Waals surface area contributed by atoms with Gasteiger partial charge in [-0.25, -0.2) is 18.4 Å². The van der Waals surface area contributed by atoms with Gasteiger partial charge in [0, 0.05) is 60.4 Å². The van der Waals surface area contributed by atoms with Crippen molar-refractivity contribution in [1.82, 2.24) is 19.6 Å². The van der Waals surface area contributed by atoms with E-state index in [0.29, 0.717) is 32.5 Å². The standard InChI is InChI=1S/C30H33F2N5O3/c1-19(2)37-20(3)24(23-8-6-9-25(31)28(23)32)17-35(30(37)40)18-27(38)34-14-12-22(13-15-34)36-16-11-21-7-4-5-10-26(21)33-29(36)39/h4-10,17,19,22H,3,11-16,18H2,1-2H3,(H,33,39). The summed E-state index contributed by atoms with van der Waals surface area (Å²) in [6.07, 6.45) is 3.37. The van der Waals surface area contributed by atoms with Gasteiger partial charge in [-0.15, -0.1) is 0 Å². The van der Waals surface area contributed by atoms with Crippen LogP contribution in [0.4, 0.5) is 24.1 Å². The molecule has 0 spiro atoms. The Hall–Kier alpha value is -4.21. The van der Waals surface area contributed by atoms with E-state index in [1.807, 2.05) is 29.2 Å². The predicted octanol–water partition coefficient (Wildman–Crippen LogP) is 5.05. The molecule has 2 aromatic rings. The summed E-state index contributed by atoms with van der Waals surface area (Å²) in [7, 11) is 0. The Balaban J connectivity index is 1.27. The number of likely N-dealkylation sites (tertiary alicyclic amines) is 1. The molecule has 1 N–H and O–H groups in total. The molecular formula is C30H33F2N5O3. The minimum Gasteiger partial charge on any atom is -0.341 e. The summed E-state index contributed by atoms with van der Waals surface area (Å²) in [6.45, 7) is 8.78. The Labute approximate surface area is 232 Å². The summed E-state index contributed by atoms with van der Waals surface area (Å²) >= 11 is 0. The van der Waals surface area contributed by atoms with Crippen molar-refractivity contribution in [1.29, 1.82) is 0 Å². The van der Waals surface area contributed by atoms with Crippen molar-refractivity contribution in [2.24, 2.45) is 0 Å². The van der Waals surface area contributed by atoms with E-state index in [0.717, 1.165) is 23.7 Å². The zero-order chi connectivity index (χ0) is 28.6. The molecule has 40 heavy (non-hydrogen) atoms. The number of para-hydroxylation sites is 1. The van der Waals surface area contributed by atoms with Crippen molar-refractivity contribution >= 4 is 29.2 Å². The zero-order valence-electron chi connectivity index (χ0n) is 22.7. The molecule has 0 aromatic heterocycles. The number of anilines is 1. The van der Waals surface area contributed by atoms with Crippen LogP contribution in [-0.4, -0.2) is 75.8 Å². The Kier molecular flexibility index (Phi) is 7.60. The Morgan fingerprint density at radius 3 is 2.50 bits per heavy atom. The minimum absolute atomic E-state index is 0.00260. The first kappa shape index (κ1) is 27.4. The van der Waals surface area contributed by atoms with Crippen molar-refractivity contribution in [3.8, 4) is 0 Å². The number of rotatable bonds is 5. The van der Waals surface area contributed by atoms with E-state index in [9.17, 15) is 23.2 Å². The highest BCUT2D eigenvalue weighted by Crippen LogP contribution is 2.34. The molecule has 1 saturated heterocycles. The average molecular weight is 550 g/mol. The molecule has 0 saturated carbocycles. The molecule has 1 fully saturated rings. The fourth-order valence-electron chi connectivity index (χ4n) is 5.66. The lowest BCUT2D eigenvalue weighted by Crippen LogP contribution is -2.53. The van der Waals surface area contributed by atoms with Crippen LogP contribution in [0.1, 0.15) is 37.8 Å². The highest BCUT2D eigenvalue weighted by molar-refractivity contribution is 5.94. The van der Waals surface area contributed by atoms with Gasteiger partial charge in [0.25, 0.3) is 0 Å². The summed E-state index contributed by atoms with van der Waals surface area (Å²) in [5.41, 5.74) is 2.38. The van der Waals surface area contributed by atoms with Crippen molar-refractivity contribution in [3.05, 3.63) is 83.7 Å². The van der Waals surface area contributed by atoms with Gasteiger partial charge in [-0.3, -0.25) is 14.6 Å². The van der Waals surface area contributed by atoms with Crippen molar-refractivity contribution in [2.75, 3.05) is 31.5 Å². The number of nitrogens with zero attached hydrogens (tertiary/aromatic N) is 4. The molecule has 0 unspecified atom stereocenters. The molecule has 3 aliphatic heterocycles. The van der Waals surface area contributed by atoms with Crippen LogP contribution >= 0.6 is 0 Å². The number of carbonyl (C=O) groups is 3. The molecule has 0 atom stereocenters. The van der Waals surface area contributed by atoms with E-state index in [2.05, 4.69) is 11.9 Å². The Morgan fingerprint density at radius 1 is 1.05 bits per heavy atom. The van der Waals surface area contributed by atoms with Gasteiger partial charge in [0.15, 0.2) is 11.6 Å². The van der Waals surface area contributed by atoms with Crippen LogP contribution in [0, 0.1) is 11.6 Å². The first-order valence-electron chi connectivity index (χ1n) is 13.5. The lowest BCUT2D eigenvalue weighted by Gasteiger charge is -2.40. The topological polar surface area (TPSA) is 76.2 Å². The fourth-order valence-corrected chi connectivity index (χ4v) is 5.66. The average Bonchev–Trinajstić information content (AvgIpc) is 3.10. The molecule has 2 aromatic carbocycles. The summed E-state index contributed by atoms with van der Waals surface area (Å²) < 4.78 is 28.7. The Bertz CT molecular complexity index is 1380. The lowest BCUT2D eigenvalue weighted by atomic mass is 10.00. The summed E-state index contributed by atoms with van der Waals surface area (Å²) in [4.78, 5) is 45.7. The fraction of sp³-hybridized carbons (Fsp3) is 0.367. The van der Waals surface area contributed by atoms with E-state index in [1.54, 1.807) is 18.7 Å². The third-order valence-electron chi connectivity index (χ3n) is 7.80. The third kappa shape index (κ3) is 5.17. The maximum atomic E-state index is 14.7. The molecule has 3 aliphatic rings. The van der Waals surface area contributed by atoms with Gasteiger partial charge in [-0.2, -0.15) is 0 Å². The summed E-state index contributed by atoms with van der Waals surface area (Å²) in [6, 6.07) is 10.7. The molecule has 0 aliphatic carbocycles. The maximum absolute atomic E-state index is 14.7. The molecule has 0 bridgehead atoms. The van der Waals surface area contributed by atoms with Crippen LogP contribution < -0.4 is 5.32 Å². The summed E-state index contributed by atoms with van der Waals surface area (Å²) in [5.74, 6) is -2.31. The monoisotopic (exact) mass is 549 g/mol. The molecule has 8 nitrogen and oxygen atoms in total. The number of benzene rings is 2. The van der Waals surface area contributed by atoms with Crippen LogP contribution in [0.5, 0.6) is 0 Å². The van der Waals surface area contributed by atoms with E-state index in [-0.39, 0.29) is 47.4 Å². The summed E-state index contributed by atoms with van der Waals surface area (Å²) in [5, 5.41) is 3.00. The lowest BCUT2D eigenvalue weighted by molar-refractivity contribution is -0.132. The number of halogens is 2. The molecule has 0 radical (unpaired) electrons. The third-order valence-corrected chi connectivity index (χ3v) is 7.80. The van der Waals surface area contributed by atoms with Crippen LogP contribution in [-0.2, 0) is 11.2 Å². The largest absolute Gasteiger partial charge is 0.341 e. The van der Waals surface area contributed by atoms with Crippen LogP contribution in [0.25, 0.3) is 5.57 Å². The molecule has 10 heteroatoms. The number of hydrogen-bond donors (Lipinski definition) is 1. The van der Waals surface area contributed by atoms with Crippen molar-refractivity contribution in [2.45, 2.75) is 45.2 Å². The van der Waals surface area contributed by atoms with Gasteiger partial charge < -0.3 is 15.1 Å². The van der Waals surface area contributed by atoms with Gasteiger partial charge >= 0.3 is 12.1 Å². The SMILES string of the molecule is C=C1C(c2cccc(F)c2F)=CN(CC(=O)N2CCC(N3CCc4ccccc4NC3=O)CC2)C(=O)N1C(C)C. The van der Waals surface area contributed by atoms with Crippen molar-refractivity contribution < 1.29 is 23.2 Å². The normalized spacial score (nSPS) is 18.5. The number of fused-ring (bicyclic) bond motifs is 1. The first-order chi connectivity index (χ1) is 19.2.